The number of nitrogens with one attached hydrogen (secondary N) is 1. The first-order valence-corrected chi connectivity index (χ1v) is 8.21. The normalized spacial score (nSPS) is 11.9. The van der Waals surface area contributed by atoms with Gasteiger partial charge in [0, 0.05) is 25.5 Å². The molecule has 0 aliphatic carbocycles. The molecule has 3 N–H and O–H groups in total. The van der Waals surface area contributed by atoms with Crippen molar-refractivity contribution in [3.05, 3.63) is 30.4 Å². The van der Waals surface area contributed by atoms with Crippen LogP contribution in [-0.2, 0) is 23.1 Å². The molecule has 2 rings (SSSR count). The van der Waals surface area contributed by atoms with E-state index in [1.807, 2.05) is 13.1 Å². The third-order valence-electron chi connectivity index (χ3n) is 2.91. The fourth-order valence-corrected chi connectivity index (χ4v) is 2.80. The van der Waals surface area contributed by atoms with Crippen molar-refractivity contribution < 1.29 is 8.42 Å². The quantitative estimate of drug-likeness (QED) is 0.697. The lowest BCUT2D eigenvalue weighted by molar-refractivity contribution is 0.559. The van der Waals surface area contributed by atoms with Gasteiger partial charge in [0.05, 0.1) is 18.9 Å². The van der Waals surface area contributed by atoms with E-state index >= 15 is 0 Å². The van der Waals surface area contributed by atoms with Gasteiger partial charge in [-0.25, -0.2) is 13.1 Å². The molecule has 0 bridgehead atoms. The van der Waals surface area contributed by atoms with Gasteiger partial charge < -0.3 is 5.73 Å². The van der Waals surface area contributed by atoms with E-state index in [9.17, 15) is 8.42 Å². The number of hydrogen-bond acceptors (Lipinski definition) is 5. The molecule has 0 unspecified atom stereocenters. The Hall–Kier alpha value is -1.71. The number of rotatable bonds is 8. The monoisotopic (exact) mass is 312 g/mol. The highest BCUT2D eigenvalue weighted by Gasteiger charge is 2.15. The van der Waals surface area contributed by atoms with Crippen molar-refractivity contribution in [2.24, 2.45) is 5.73 Å². The van der Waals surface area contributed by atoms with Gasteiger partial charge in [0.1, 0.15) is 4.90 Å². The van der Waals surface area contributed by atoms with Crippen LogP contribution < -0.4 is 10.5 Å². The second-order valence-electron chi connectivity index (χ2n) is 4.76. The summed E-state index contributed by atoms with van der Waals surface area (Å²) < 4.78 is 30.0. The molecule has 0 saturated carbocycles. The molecule has 0 aromatic carbocycles. The molecule has 0 radical (unpaired) electrons. The Balaban J connectivity index is 1.90. The van der Waals surface area contributed by atoms with Crippen LogP contribution in [0, 0.1) is 6.92 Å². The van der Waals surface area contributed by atoms with Gasteiger partial charge >= 0.3 is 0 Å². The molecule has 0 amide bonds. The maximum absolute atomic E-state index is 12.1. The van der Waals surface area contributed by atoms with Crippen LogP contribution in [0.1, 0.15) is 12.0 Å². The fourth-order valence-electron chi connectivity index (χ4n) is 1.83. The molecule has 0 fully saturated rings. The van der Waals surface area contributed by atoms with E-state index < -0.39 is 10.0 Å². The summed E-state index contributed by atoms with van der Waals surface area (Å²) in [7, 11) is -3.53. The molecule has 2 heterocycles. The minimum Gasteiger partial charge on any atom is -0.330 e. The van der Waals surface area contributed by atoms with Crippen LogP contribution in [0.4, 0.5) is 0 Å². The Labute approximate surface area is 124 Å². The average Bonchev–Trinajstić information content (AvgIpc) is 3.06. The number of nitrogens with two attached hydrogens (primary N) is 1. The standard InChI is InChI=1S/C12H20N6O2S/c1-11-7-14-18(9-11)6-4-16-21(19,20)12-8-15-17(10-12)5-2-3-13/h7-10,16H,2-6,13H2,1H3. The van der Waals surface area contributed by atoms with Crippen LogP contribution in [0.5, 0.6) is 0 Å². The number of aryl methyl sites for hydroxylation is 2. The molecule has 0 spiro atoms. The van der Waals surface area contributed by atoms with Crippen molar-refractivity contribution in [3.63, 3.8) is 0 Å². The first-order valence-electron chi connectivity index (χ1n) is 6.72. The minimum absolute atomic E-state index is 0.163. The van der Waals surface area contributed by atoms with Crippen molar-refractivity contribution in [2.75, 3.05) is 13.1 Å². The Morgan fingerprint density at radius 1 is 1.19 bits per heavy atom. The lowest BCUT2D eigenvalue weighted by Crippen LogP contribution is -2.27. The van der Waals surface area contributed by atoms with Gasteiger partial charge in [-0.15, -0.1) is 0 Å². The topological polar surface area (TPSA) is 108 Å². The summed E-state index contributed by atoms with van der Waals surface area (Å²) >= 11 is 0. The van der Waals surface area contributed by atoms with Gasteiger partial charge in [0.15, 0.2) is 0 Å². The zero-order valence-corrected chi connectivity index (χ0v) is 12.8. The summed E-state index contributed by atoms with van der Waals surface area (Å²) in [5.41, 5.74) is 6.45. The van der Waals surface area contributed by atoms with Gasteiger partial charge in [0.2, 0.25) is 10.0 Å². The third kappa shape index (κ3) is 4.38. The number of aromatic nitrogens is 4. The molecule has 0 atom stereocenters. The predicted molar refractivity (Wildman–Crippen MR) is 78.1 cm³/mol. The Bertz CT molecular complexity index is 675. The van der Waals surface area contributed by atoms with Crippen LogP contribution in [-0.4, -0.2) is 41.1 Å². The van der Waals surface area contributed by atoms with Crippen molar-refractivity contribution in [1.82, 2.24) is 24.3 Å². The second kappa shape index (κ2) is 6.83. The first kappa shape index (κ1) is 15.7. The minimum atomic E-state index is -3.53. The maximum atomic E-state index is 12.1. The van der Waals surface area contributed by atoms with E-state index in [2.05, 4.69) is 14.9 Å². The molecular formula is C12H20N6O2S. The smallest absolute Gasteiger partial charge is 0.243 e. The Morgan fingerprint density at radius 3 is 2.57 bits per heavy atom. The molecule has 0 saturated heterocycles. The fraction of sp³-hybridized carbons (Fsp3) is 0.500. The van der Waals surface area contributed by atoms with E-state index in [0.717, 1.165) is 12.0 Å². The first-order chi connectivity index (χ1) is 10.0. The molecule has 21 heavy (non-hydrogen) atoms. The Kier molecular flexibility index (Phi) is 5.10. The van der Waals surface area contributed by atoms with Crippen LogP contribution in [0.2, 0.25) is 0 Å². The van der Waals surface area contributed by atoms with E-state index in [-0.39, 0.29) is 11.4 Å². The predicted octanol–water partition coefficient (Wildman–Crippen LogP) is -0.285. The van der Waals surface area contributed by atoms with Crippen molar-refractivity contribution >= 4 is 10.0 Å². The molecule has 0 aliphatic rings. The van der Waals surface area contributed by atoms with E-state index in [4.69, 9.17) is 5.73 Å². The highest BCUT2D eigenvalue weighted by atomic mass is 32.2. The zero-order chi connectivity index (χ0) is 15.3. The summed E-state index contributed by atoms with van der Waals surface area (Å²) in [6.45, 7) is 3.84. The Morgan fingerprint density at radius 2 is 1.90 bits per heavy atom. The second-order valence-corrected chi connectivity index (χ2v) is 6.53. The summed E-state index contributed by atoms with van der Waals surface area (Å²) in [6, 6.07) is 0. The molecule has 9 heteroatoms. The summed E-state index contributed by atoms with van der Waals surface area (Å²) in [5.74, 6) is 0. The summed E-state index contributed by atoms with van der Waals surface area (Å²) in [5, 5.41) is 8.11. The van der Waals surface area contributed by atoms with Crippen molar-refractivity contribution in [3.8, 4) is 0 Å². The SMILES string of the molecule is Cc1cnn(CCNS(=O)(=O)c2cnn(CCCN)c2)c1. The van der Waals surface area contributed by atoms with Crippen LogP contribution in [0.25, 0.3) is 0 Å². The van der Waals surface area contributed by atoms with Crippen molar-refractivity contribution in [1.29, 1.82) is 0 Å². The maximum Gasteiger partial charge on any atom is 0.243 e. The van der Waals surface area contributed by atoms with Crippen LogP contribution in [0.15, 0.2) is 29.7 Å². The largest absolute Gasteiger partial charge is 0.330 e. The molecule has 0 aliphatic heterocycles. The highest BCUT2D eigenvalue weighted by Crippen LogP contribution is 2.07. The van der Waals surface area contributed by atoms with E-state index in [1.54, 1.807) is 15.6 Å². The molecule has 116 valence electrons. The van der Waals surface area contributed by atoms with Crippen LogP contribution >= 0.6 is 0 Å². The zero-order valence-electron chi connectivity index (χ0n) is 11.9. The van der Waals surface area contributed by atoms with Crippen LogP contribution in [0.3, 0.4) is 0 Å². The molecular weight excluding hydrogens is 292 g/mol. The van der Waals surface area contributed by atoms with Crippen molar-refractivity contribution in [2.45, 2.75) is 31.3 Å². The number of sulfonamides is 1. The number of hydrogen-bond donors (Lipinski definition) is 2. The lowest BCUT2D eigenvalue weighted by Gasteiger charge is -2.04. The molecule has 2 aromatic rings. The van der Waals surface area contributed by atoms with E-state index in [1.165, 1.54) is 12.4 Å². The summed E-state index contributed by atoms with van der Waals surface area (Å²) in [4.78, 5) is 0.163. The van der Waals surface area contributed by atoms with Gasteiger partial charge in [-0.2, -0.15) is 10.2 Å². The molecule has 8 nitrogen and oxygen atoms in total. The number of nitrogens with zero attached hydrogens (tertiary/aromatic N) is 4. The lowest BCUT2D eigenvalue weighted by atomic mass is 10.4. The van der Waals surface area contributed by atoms with Gasteiger partial charge in [-0.05, 0) is 25.5 Å². The van der Waals surface area contributed by atoms with Gasteiger partial charge in [-0.1, -0.05) is 0 Å². The van der Waals surface area contributed by atoms with Gasteiger partial charge in [-0.3, -0.25) is 9.36 Å². The van der Waals surface area contributed by atoms with Gasteiger partial charge in [0.25, 0.3) is 0 Å². The average molecular weight is 312 g/mol. The highest BCUT2D eigenvalue weighted by molar-refractivity contribution is 7.89. The third-order valence-corrected chi connectivity index (χ3v) is 4.32. The summed E-state index contributed by atoms with van der Waals surface area (Å²) in [6.07, 6.45) is 7.20. The van der Waals surface area contributed by atoms with E-state index in [0.29, 0.717) is 19.6 Å². The molecule has 2 aromatic heterocycles.